The van der Waals surface area contributed by atoms with Crippen LogP contribution in [0.25, 0.3) is 22.0 Å². The van der Waals surface area contributed by atoms with Gasteiger partial charge in [0.15, 0.2) is 0 Å². The first-order valence-electron chi connectivity index (χ1n) is 8.56. The highest BCUT2D eigenvalue weighted by Gasteiger charge is 2.27. The molecule has 4 rings (SSSR count). The van der Waals surface area contributed by atoms with E-state index in [1.165, 1.54) is 4.68 Å². The van der Waals surface area contributed by atoms with Crippen molar-refractivity contribution in [3.05, 3.63) is 47.7 Å². The van der Waals surface area contributed by atoms with Gasteiger partial charge < -0.3 is 4.74 Å². The molecular weight excluding hydrogens is 371 g/mol. The van der Waals surface area contributed by atoms with Crippen molar-refractivity contribution in [3.63, 3.8) is 0 Å². The molecule has 3 heterocycles. The van der Waals surface area contributed by atoms with E-state index in [1.807, 2.05) is 12.1 Å². The van der Waals surface area contributed by atoms with Crippen molar-refractivity contribution < 1.29 is 17.5 Å². The van der Waals surface area contributed by atoms with Crippen LogP contribution in [-0.2, 0) is 28.4 Å². The number of hydrogen-bond acceptors (Lipinski definition) is 5. The van der Waals surface area contributed by atoms with Gasteiger partial charge in [-0.2, -0.15) is 4.39 Å². The van der Waals surface area contributed by atoms with Crippen LogP contribution in [0.2, 0.25) is 0 Å². The second kappa shape index (κ2) is 6.66. The number of sulfonamides is 1. The number of pyridine rings is 1. The summed E-state index contributed by atoms with van der Waals surface area (Å²) in [4.78, 5) is 4.30. The lowest BCUT2D eigenvalue weighted by Gasteiger charge is -2.27. The average molecular weight is 390 g/mol. The van der Waals surface area contributed by atoms with Gasteiger partial charge in [-0.3, -0.25) is 9.67 Å². The molecule has 0 radical (unpaired) electrons. The smallest absolute Gasteiger partial charge is 0.240 e. The van der Waals surface area contributed by atoms with E-state index in [0.717, 1.165) is 22.3 Å². The van der Waals surface area contributed by atoms with Crippen LogP contribution < -0.4 is 4.72 Å². The summed E-state index contributed by atoms with van der Waals surface area (Å²) in [7, 11) is -1.69. The molecule has 3 aromatic rings. The fourth-order valence-electron chi connectivity index (χ4n) is 3.36. The van der Waals surface area contributed by atoms with Gasteiger partial charge in [0.05, 0.1) is 35.9 Å². The first kappa shape index (κ1) is 18.0. The summed E-state index contributed by atoms with van der Waals surface area (Å²) in [6, 6.07) is 4.86. The Bertz CT molecular complexity index is 1130. The molecule has 1 atom stereocenters. The highest BCUT2D eigenvalue weighted by molar-refractivity contribution is 7.89. The number of nitrogens with zero attached hydrogens (tertiary/aromatic N) is 3. The molecule has 7 nitrogen and oxygen atoms in total. The Morgan fingerprint density at radius 2 is 2.19 bits per heavy atom. The molecule has 0 amide bonds. The number of aryl methyl sites for hydroxylation is 1. The Morgan fingerprint density at radius 1 is 1.37 bits per heavy atom. The van der Waals surface area contributed by atoms with Gasteiger partial charge in [-0.15, -0.1) is 5.10 Å². The number of benzene rings is 1. The van der Waals surface area contributed by atoms with Gasteiger partial charge in [-0.1, -0.05) is 6.07 Å². The summed E-state index contributed by atoms with van der Waals surface area (Å²) in [5.74, 6) is -0.515. The molecule has 1 aromatic carbocycles. The minimum absolute atomic E-state index is 0.00528. The van der Waals surface area contributed by atoms with Gasteiger partial charge in [0.1, 0.15) is 0 Å². The SMILES string of the molecule is CCS(=O)(=O)NC1COCc2c(-c3ccc4c(F)nn(C)c4c3)cncc21. The summed E-state index contributed by atoms with van der Waals surface area (Å²) in [6.45, 7) is 2.20. The summed E-state index contributed by atoms with van der Waals surface area (Å²) in [5.41, 5.74) is 4.02. The zero-order valence-electron chi connectivity index (χ0n) is 14.9. The topological polar surface area (TPSA) is 86.1 Å². The van der Waals surface area contributed by atoms with E-state index in [9.17, 15) is 12.8 Å². The molecule has 142 valence electrons. The van der Waals surface area contributed by atoms with Crippen LogP contribution in [0.1, 0.15) is 24.1 Å². The van der Waals surface area contributed by atoms with Gasteiger partial charge in [0, 0.05) is 25.0 Å². The molecular formula is C18H19FN4O3S. The van der Waals surface area contributed by atoms with Gasteiger partial charge in [0.2, 0.25) is 16.0 Å². The van der Waals surface area contributed by atoms with Crippen molar-refractivity contribution in [2.24, 2.45) is 7.05 Å². The molecule has 1 unspecified atom stereocenters. The summed E-state index contributed by atoms with van der Waals surface area (Å²) >= 11 is 0. The maximum absolute atomic E-state index is 13.8. The van der Waals surface area contributed by atoms with Crippen molar-refractivity contribution in [2.45, 2.75) is 19.6 Å². The van der Waals surface area contributed by atoms with Gasteiger partial charge in [-0.25, -0.2) is 13.1 Å². The average Bonchev–Trinajstić information content (AvgIpc) is 2.95. The zero-order valence-corrected chi connectivity index (χ0v) is 15.8. The van der Waals surface area contributed by atoms with E-state index >= 15 is 0 Å². The molecule has 2 aromatic heterocycles. The van der Waals surface area contributed by atoms with Crippen molar-refractivity contribution >= 4 is 20.9 Å². The maximum atomic E-state index is 13.8. The number of rotatable bonds is 4. The van der Waals surface area contributed by atoms with Crippen LogP contribution in [-0.4, -0.2) is 35.5 Å². The van der Waals surface area contributed by atoms with Crippen LogP contribution in [0.15, 0.2) is 30.6 Å². The fraction of sp³-hybridized carbons (Fsp3) is 0.333. The van der Waals surface area contributed by atoms with Gasteiger partial charge >= 0.3 is 0 Å². The third kappa shape index (κ3) is 3.22. The molecule has 0 saturated carbocycles. The molecule has 1 aliphatic heterocycles. The lowest BCUT2D eigenvalue weighted by Crippen LogP contribution is -2.35. The predicted octanol–water partition coefficient (Wildman–Crippen LogP) is 2.29. The second-order valence-corrected chi connectivity index (χ2v) is 8.53. The lowest BCUT2D eigenvalue weighted by molar-refractivity contribution is 0.0884. The maximum Gasteiger partial charge on any atom is 0.240 e. The normalized spacial score (nSPS) is 17.2. The molecule has 0 saturated heterocycles. The van der Waals surface area contributed by atoms with E-state index in [2.05, 4.69) is 14.8 Å². The summed E-state index contributed by atoms with van der Waals surface area (Å²) in [6.07, 6.45) is 3.39. The van der Waals surface area contributed by atoms with Crippen molar-refractivity contribution in [3.8, 4) is 11.1 Å². The fourth-order valence-corrected chi connectivity index (χ4v) is 4.16. The van der Waals surface area contributed by atoms with E-state index in [-0.39, 0.29) is 12.4 Å². The van der Waals surface area contributed by atoms with Crippen LogP contribution in [0, 0.1) is 5.95 Å². The van der Waals surface area contributed by atoms with Crippen molar-refractivity contribution in [1.82, 2.24) is 19.5 Å². The Balaban J connectivity index is 1.81. The third-order valence-corrected chi connectivity index (χ3v) is 6.22. The number of nitrogens with one attached hydrogen (secondary N) is 1. The van der Waals surface area contributed by atoms with E-state index in [1.54, 1.807) is 32.4 Å². The number of fused-ring (bicyclic) bond motifs is 2. The number of ether oxygens (including phenoxy) is 1. The van der Waals surface area contributed by atoms with Gasteiger partial charge in [-0.05, 0) is 35.7 Å². The van der Waals surface area contributed by atoms with Crippen LogP contribution in [0.3, 0.4) is 0 Å². The van der Waals surface area contributed by atoms with Crippen LogP contribution in [0.5, 0.6) is 0 Å². The Morgan fingerprint density at radius 3 is 2.96 bits per heavy atom. The predicted molar refractivity (Wildman–Crippen MR) is 98.9 cm³/mol. The quantitative estimate of drug-likeness (QED) is 0.739. The standard InChI is InChI=1S/C18H19FN4O3S/c1-3-27(24,25)22-16-10-26-9-15-13(7-20-8-14(15)16)11-4-5-12-17(6-11)23(2)21-18(12)19/h4-8,16,22H,3,9-10H2,1-2H3. The molecule has 27 heavy (non-hydrogen) atoms. The Labute approximate surface area is 156 Å². The minimum atomic E-state index is -3.38. The molecule has 9 heteroatoms. The number of aromatic nitrogens is 3. The largest absolute Gasteiger partial charge is 0.375 e. The molecule has 0 fully saturated rings. The second-order valence-electron chi connectivity index (χ2n) is 6.49. The van der Waals surface area contributed by atoms with Crippen LogP contribution in [0.4, 0.5) is 4.39 Å². The van der Waals surface area contributed by atoms with Crippen molar-refractivity contribution in [2.75, 3.05) is 12.4 Å². The molecule has 0 aliphatic carbocycles. The minimum Gasteiger partial charge on any atom is -0.375 e. The number of halogens is 1. The zero-order chi connectivity index (χ0) is 19.2. The summed E-state index contributed by atoms with van der Waals surface area (Å²) < 4.78 is 47.6. The Kier molecular flexibility index (Phi) is 4.45. The monoisotopic (exact) mass is 390 g/mol. The highest BCUT2D eigenvalue weighted by atomic mass is 32.2. The van der Waals surface area contributed by atoms with Crippen LogP contribution >= 0.6 is 0 Å². The van der Waals surface area contributed by atoms with Gasteiger partial charge in [0.25, 0.3) is 0 Å². The molecule has 0 spiro atoms. The van der Waals surface area contributed by atoms with Crippen molar-refractivity contribution in [1.29, 1.82) is 0 Å². The molecule has 1 aliphatic rings. The van der Waals surface area contributed by atoms with E-state index < -0.39 is 22.0 Å². The Hall–Kier alpha value is -2.36. The third-order valence-electron chi connectivity index (χ3n) is 4.82. The first-order chi connectivity index (χ1) is 12.9. The molecule has 1 N–H and O–H groups in total. The first-order valence-corrected chi connectivity index (χ1v) is 10.2. The molecule has 0 bridgehead atoms. The summed E-state index contributed by atoms with van der Waals surface area (Å²) in [5, 5.41) is 4.26. The highest BCUT2D eigenvalue weighted by Crippen LogP contribution is 2.34. The lowest BCUT2D eigenvalue weighted by atomic mass is 9.93. The number of hydrogen-bond donors (Lipinski definition) is 1. The van der Waals surface area contributed by atoms with E-state index in [4.69, 9.17) is 4.74 Å². The van der Waals surface area contributed by atoms with E-state index in [0.29, 0.717) is 17.5 Å².